The third-order valence-electron chi connectivity index (χ3n) is 5.42. The van der Waals surface area contributed by atoms with Crippen molar-refractivity contribution in [3.63, 3.8) is 0 Å². The van der Waals surface area contributed by atoms with Crippen LogP contribution in [0.3, 0.4) is 0 Å². The number of carbonyl (C=O) groups is 1. The Morgan fingerprint density at radius 1 is 1.03 bits per heavy atom. The summed E-state index contributed by atoms with van der Waals surface area (Å²) in [7, 11) is 0. The molecule has 8 heteroatoms. The maximum Gasteiger partial charge on any atom is 0.259 e. The molecule has 7 nitrogen and oxygen atoms in total. The Morgan fingerprint density at radius 3 is 2.69 bits per heavy atom. The summed E-state index contributed by atoms with van der Waals surface area (Å²) in [5.74, 6) is 0.156. The van der Waals surface area contributed by atoms with Gasteiger partial charge in [-0.15, -0.1) is 0 Å². The summed E-state index contributed by atoms with van der Waals surface area (Å²) in [5, 5.41) is 2.87. The van der Waals surface area contributed by atoms with Crippen LogP contribution in [0.15, 0.2) is 60.7 Å². The van der Waals surface area contributed by atoms with Crippen molar-refractivity contribution in [2.75, 3.05) is 31.6 Å². The highest BCUT2D eigenvalue weighted by Gasteiger charge is 2.17. The molecule has 1 aliphatic rings. The van der Waals surface area contributed by atoms with Gasteiger partial charge < -0.3 is 15.0 Å². The smallest absolute Gasteiger partial charge is 0.259 e. The second kappa shape index (κ2) is 8.86. The van der Waals surface area contributed by atoms with Gasteiger partial charge in [-0.25, -0.2) is 14.4 Å². The molecule has 1 aliphatic heterocycles. The number of halogens is 1. The molecule has 1 amide bonds. The van der Waals surface area contributed by atoms with E-state index in [0.717, 1.165) is 32.0 Å². The summed E-state index contributed by atoms with van der Waals surface area (Å²) in [6.07, 6.45) is 0. The number of amides is 1. The van der Waals surface area contributed by atoms with Gasteiger partial charge in [0.15, 0.2) is 0 Å². The van der Waals surface area contributed by atoms with E-state index in [4.69, 9.17) is 4.74 Å². The van der Waals surface area contributed by atoms with Gasteiger partial charge >= 0.3 is 0 Å². The Balaban J connectivity index is 1.38. The molecule has 162 valence electrons. The topological polar surface area (TPSA) is 83.1 Å². The largest absolute Gasteiger partial charge is 0.379 e. The first-order valence-electron chi connectivity index (χ1n) is 10.5. The lowest BCUT2D eigenvalue weighted by Gasteiger charge is -2.26. The SMILES string of the molecule is O=C(Nc1cccc(CN2CCOCC2)n1)c1cccc2[nH]c(-c3ccccc3F)nc12. The molecule has 2 aromatic carbocycles. The first-order valence-corrected chi connectivity index (χ1v) is 10.5. The third kappa shape index (κ3) is 4.23. The highest BCUT2D eigenvalue weighted by molar-refractivity contribution is 6.11. The number of hydrogen-bond donors (Lipinski definition) is 2. The van der Waals surface area contributed by atoms with Crippen molar-refractivity contribution in [1.29, 1.82) is 0 Å². The molecular formula is C24H22FN5O2. The van der Waals surface area contributed by atoms with Crippen molar-refractivity contribution in [2.45, 2.75) is 6.54 Å². The van der Waals surface area contributed by atoms with Gasteiger partial charge in [-0.1, -0.05) is 24.3 Å². The number of morpholine rings is 1. The Hall–Kier alpha value is -3.62. The molecule has 2 aromatic heterocycles. The highest BCUT2D eigenvalue weighted by atomic mass is 19.1. The number of pyridine rings is 1. The number of benzene rings is 2. The van der Waals surface area contributed by atoms with Crippen LogP contribution in [0.2, 0.25) is 0 Å². The zero-order chi connectivity index (χ0) is 21.9. The maximum absolute atomic E-state index is 14.2. The first-order chi connectivity index (χ1) is 15.7. The molecule has 32 heavy (non-hydrogen) atoms. The van der Waals surface area contributed by atoms with Crippen molar-refractivity contribution in [1.82, 2.24) is 19.9 Å². The maximum atomic E-state index is 14.2. The predicted molar refractivity (Wildman–Crippen MR) is 120 cm³/mol. The number of anilines is 1. The van der Waals surface area contributed by atoms with Crippen LogP contribution in [0.4, 0.5) is 10.2 Å². The molecule has 0 aliphatic carbocycles. The normalized spacial score (nSPS) is 14.5. The van der Waals surface area contributed by atoms with Crippen LogP contribution in [0.25, 0.3) is 22.4 Å². The summed E-state index contributed by atoms with van der Waals surface area (Å²) < 4.78 is 19.6. The van der Waals surface area contributed by atoms with Crippen molar-refractivity contribution in [3.05, 3.63) is 77.7 Å². The van der Waals surface area contributed by atoms with Gasteiger partial charge in [0, 0.05) is 19.6 Å². The van der Waals surface area contributed by atoms with E-state index >= 15 is 0 Å². The number of imidazole rings is 1. The Bertz CT molecular complexity index is 1270. The van der Waals surface area contributed by atoms with Gasteiger partial charge in [0.25, 0.3) is 5.91 Å². The van der Waals surface area contributed by atoms with E-state index in [1.54, 1.807) is 36.4 Å². The van der Waals surface area contributed by atoms with Crippen molar-refractivity contribution in [2.24, 2.45) is 0 Å². The number of aromatic amines is 1. The lowest BCUT2D eigenvalue weighted by Crippen LogP contribution is -2.35. The van der Waals surface area contributed by atoms with E-state index < -0.39 is 0 Å². The second-order valence-corrected chi connectivity index (χ2v) is 7.62. The minimum absolute atomic E-state index is 0.321. The lowest BCUT2D eigenvalue weighted by molar-refractivity contribution is 0.0337. The average Bonchev–Trinajstić information content (AvgIpc) is 3.24. The van der Waals surface area contributed by atoms with Crippen LogP contribution < -0.4 is 5.32 Å². The number of H-pyrrole nitrogens is 1. The molecule has 0 bridgehead atoms. The standard InChI is InChI=1S/C24H22FN5O2/c25-19-8-2-1-6-17(19)23-27-20-9-4-7-18(22(20)29-23)24(31)28-21-10-3-5-16(26-21)15-30-11-13-32-14-12-30/h1-10H,11-15H2,(H,27,29)(H,26,28,31). The lowest BCUT2D eigenvalue weighted by atomic mass is 10.1. The van der Waals surface area contributed by atoms with E-state index in [1.807, 2.05) is 18.2 Å². The molecule has 3 heterocycles. The van der Waals surface area contributed by atoms with Crippen LogP contribution in [-0.2, 0) is 11.3 Å². The van der Waals surface area contributed by atoms with Gasteiger partial charge in [0.1, 0.15) is 23.0 Å². The molecule has 0 radical (unpaired) electrons. The number of ether oxygens (including phenoxy) is 1. The third-order valence-corrected chi connectivity index (χ3v) is 5.42. The summed E-state index contributed by atoms with van der Waals surface area (Å²) in [4.78, 5) is 27.5. The van der Waals surface area contributed by atoms with E-state index in [0.29, 0.717) is 40.3 Å². The average molecular weight is 431 g/mol. The van der Waals surface area contributed by atoms with Crippen LogP contribution in [0.5, 0.6) is 0 Å². The van der Waals surface area contributed by atoms with Crippen molar-refractivity contribution in [3.8, 4) is 11.4 Å². The molecule has 5 rings (SSSR count). The minimum atomic E-state index is -0.376. The molecule has 1 saturated heterocycles. The molecule has 2 N–H and O–H groups in total. The van der Waals surface area contributed by atoms with Gasteiger partial charge in [-0.2, -0.15) is 0 Å². The number of hydrogen-bond acceptors (Lipinski definition) is 5. The van der Waals surface area contributed by atoms with E-state index in [-0.39, 0.29) is 11.7 Å². The van der Waals surface area contributed by atoms with Gasteiger partial charge in [-0.3, -0.25) is 9.69 Å². The fraction of sp³-hybridized carbons (Fsp3) is 0.208. The van der Waals surface area contributed by atoms with Gasteiger partial charge in [0.2, 0.25) is 0 Å². The molecule has 0 atom stereocenters. The molecule has 0 unspecified atom stereocenters. The zero-order valence-corrected chi connectivity index (χ0v) is 17.3. The number of carbonyl (C=O) groups excluding carboxylic acids is 1. The summed E-state index contributed by atoms with van der Waals surface area (Å²) >= 11 is 0. The van der Waals surface area contributed by atoms with Crippen LogP contribution in [0, 0.1) is 5.82 Å². The molecule has 0 spiro atoms. The van der Waals surface area contributed by atoms with Gasteiger partial charge in [-0.05, 0) is 36.4 Å². The highest BCUT2D eigenvalue weighted by Crippen LogP contribution is 2.25. The second-order valence-electron chi connectivity index (χ2n) is 7.62. The summed E-state index contributed by atoms with van der Waals surface area (Å²) in [6.45, 7) is 3.87. The quantitative estimate of drug-likeness (QED) is 0.502. The number of rotatable bonds is 5. The van der Waals surface area contributed by atoms with E-state index in [1.165, 1.54) is 6.07 Å². The molecule has 0 saturated carbocycles. The number of aromatic nitrogens is 3. The number of nitrogens with one attached hydrogen (secondary N) is 2. The number of para-hydroxylation sites is 1. The first kappa shape index (κ1) is 20.3. The number of nitrogens with zero attached hydrogens (tertiary/aromatic N) is 3. The Kier molecular flexibility index (Phi) is 5.62. The van der Waals surface area contributed by atoms with Crippen LogP contribution in [0.1, 0.15) is 16.1 Å². The van der Waals surface area contributed by atoms with E-state index in [2.05, 4.69) is 25.2 Å². The fourth-order valence-electron chi connectivity index (χ4n) is 3.81. The monoisotopic (exact) mass is 431 g/mol. The van der Waals surface area contributed by atoms with Crippen molar-refractivity contribution < 1.29 is 13.9 Å². The summed E-state index contributed by atoms with van der Waals surface area (Å²) in [6, 6.07) is 17.3. The zero-order valence-electron chi connectivity index (χ0n) is 17.3. The molecule has 1 fully saturated rings. The summed E-state index contributed by atoms with van der Waals surface area (Å²) in [5.41, 5.74) is 2.76. The fourth-order valence-corrected chi connectivity index (χ4v) is 3.81. The van der Waals surface area contributed by atoms with E-state index in [9.17, 15) is 9.18 Å². The molecule has 4 aromatic rings. The van der Waals surface area contributed by atoms with Gasteiger partial charge in [0.05, 0.1) is 35.6 Å². The minimum Gasteiger partial charge on any atom is -0.379 e. The van der Waals surface area contributed by atoms with Crippen LogP contribution >= 0.6 is 0 Å². The van der Waals surface area contributed by atoms with Crippen molar-refractivity contribution >= 4 is 22.8 Å². The number of fused-ring (bicyclic) bond motifs is 1. The molecular weight excluding hydrogens is 409 g/mol. The van der Waals surface area contributed by atoms with Crippen LogP contribution in [-0.4, -0.2) is 52.1 Å². The predicted octanol–water partition coefficient (Wildman–Crippen LogP) is 3.85. The Morgan fingerprint density at radius 2 is 1.84 bits per heavy atom. The Labute approximate surface area is 184 Å².